The van der Waals surface area contributed by atoms with Crippen LogP contribution in [0.25, 0.3) is 0 Å². The van der Waals surface area contributed by atoms with E-state index in [0.29, 0.717) is 23.9 Å². The van der Waals surface area contributed by atoms with E-state index < -0.39 is 0 Å². The maximum absolute atomic E-state index is 8.94. The summed E-state index contributed by atoms with van der Waals surface area (Å²) in [7, 11) is 0. The lowest BCUT2D eigenvalue weighted by Gasteiger charge is -2.06. The fraction of sp³-hybridized carbons (Fsp3) is 0.125. The summed E-state index contributed by atoms with van der Waals surface area (Å²) >= 11 is 5.50. The molecule has 20 heavy (non-hydrogen) atoms. The van der Waals surface area contributed by atoms with Crippen molar-refractivity contribution in [3.63, 3.8) is 0 Å². The van der Waals surface area contributed by atoms with Gasteiger partial charge in [-0.15, -0.1) is 11.6 Å². The van der Waals surface area contributed by atoms with Crippen molar-refractivity contribution in [2.24, 2.45) is 0 Å². The van der Waals surface area contributed by atoms with Gasteiger partial charge < -0.3 is 4.74 Å². The van der Waals surface area contributed by atoms with Crippen LogP contribution in [0.1, 0.15) is 16.8 Å². The molecule has 2 aromatic rings. The molecule has 0 atom stereocenters. The molecule has 2 rings (SSSR count). The Balaban J connectivity index is 2.02. The van der Waals surface area contributed by atoms with Gasteiger partial charge in [0.05, 0.1) is 5.88 Å². The lowest BCUT2D eigenvalue weighted by molar-refractivity contribution is 0.305. The van der Waals surface area contributed by atoms with E-state index in [2.05, 4.69) is 16.8 Å². The first-order valence-corrected chi connectivity index (χ1v) is 6.48. The van der Waals surface area contributed by atoms with Crippen LogP contribution in [0.4, 0.5) is 0 Å². The smallest absolute Gasteiger partial charge is 0.147 e. The van der Waals surface area contributed by atoms with Crippen LogP contribution in [0, 0.1) is 23.2 Å². The average molecular weight is 283 g/mol. The second-order valence-electron chi connectivity index (χ2n) is 3.87. The molecule has 1 aromatic carbocycles. The number of hydrogen-bond acceptors (Lipinski definition) is 3. The van der Waals surface area contributed by atoms with Crippen molar-refractivity contribution in [3.05, 3.63) is 59.4 Å². The van der Waals surface area contributed by atoms with Gasteiger partial charge in [-0.3, -0.25) is 0 Å². The Hall–Kier alpha value is -2.49. The third kappa shape index (κ3) is 3.75. The van der Waals surface area contributed by atoms with Crippen molar-refractivity contribution in [2.75, 3.05) is 5.88 Å². The maximum atomic E-state index is 8.94. The largest absolute Gasteiger partial charge is 0.489 e. The van der Waals surface area contributed by atoms with E-state index in [1.54, 1.807) is 12.3 Å². The first kappa shape index (κ1) is 13.9. The minimum Gasteiger partial charge on any atom is -0.489 e. The highest BCUT2D eigenvalue weighted by Gasteiger charge is 2.03. The van der Waals surface area contributed by atoms with Crippen LogP contribution in [-0.4, -0.2) is 10.9 Å². The summed E-state index contributed by atoms with van der Waals surface area (Å²) in [6.07, 6.45) is 1.59. The lowest BCUT2D eigenvalue weighted by Crippen LogP contribution is -1.99. The number of ether oxygens (including phenoxy) is 1. The summed E-state index contributed by atoms with van der Waals surface area (Å²) in [6, 6.07) is 13.0. The SMILES string of the molecule is N#Cc1ncccc1COc1ccc(C#CCCl)cc1. The number of aromatic nitrogens is 1. The second kappa shape index (κ2) is 7.19. The Bertz CT molecular complexity index is 678. The van der Waals surface area contributed by atoms with Crippen molar-refractivity contribution < 1.29 is 4.74 Å². The number of nitrogens with zero attached hydrogens (tertiary/aromatic N) is 2. The molecule has 0 amide bonds. The van der Waals surface area contributed by atoms with E-state index in [0.717, 1.165) is 11.1 Å². The van der Waals surface area contributed by atoms with E-state index in [1.165, 1.54) is 0 Å². The first-order chi connectivity index (χ1) is 9.83. The van der Waals surface area contributed by atoms with E-state index in [1.807, 2.05) is 36.4 Å². The molecule has 1 heterocycles. The minimum absolute atomic E-state index is 0.309. The summed E-state index contributed by atoms with van der Waals surface area (Å²) in [5.41, 5.74) is 2.04. The third-order valence-electron chi connectivity index (χ3n) is 2.55. The van der Waals surface area contributed by atoms with Crippen molar-refractivity contribution in [1.82, 2.24) is 4.98 Å². The highest BCUT2D eigenvalue weighted by molar-refractivity contribution is 6.19. The molecule has 0 spiro atoms. The topological polar surface area (TPSA) is 45.9 Å². The van der Waals surface area contributed by atoms with Gasteiger partial charge in [0.25, 0.3) is 0 Å². The van der Waals surface area contributed by atoms with Gasteiger partial charge in [-0.25, -0.2) is 4.98 Å². The van der Waals surface area contributed by atoms with Crippen LogP contribution in [0.5, 0.6) is 5.75 Å². The lowest BCUT2D eigenvalue weighted by atomic mass is 10.2. The molecular formula is C16H11ClN2O. The normalized spacial score (nSPS) is 9.20. The first-order valence-electron chi connectivity index (χ1n) is 5.95. The maximum Gasteiger partial charge on any atom is 0.147 e. The molecule has 4 heteroatoms. The molecule has 0 bridgehead atoms. The standard InChI is InChI=1S/C16H11ClN2O/c17-9-1-3-13-5-7-15(8-6-13)20-12-14-4-2-10-19-16(14)11-18/h2,4-8,10H,9,12H2. The fourth-order valence-corrected chi connectivity index (χ4v) is 1.65. The summed E-state index contributed by atoms with van der Waals surface area (Å²) in [6.45, 7) is 0.309. The van der Waals surface area contributed by atoms with Gasteiger partial charge in [0.15, 0.2) is 0 Å². The summed E-state index contributed by atoms with van der Waals surface area (Å²) < 4.78 is 5.63. The predicted octanol–water partition coefficient (Wildman–Crippen LogP) is 3.12. The molecule has 98 valence electrons. The molecule has 0 N–H and O–H groups in total. The third-order valence-corrected chi connectivity index (χ3v) is 2.68. The zero-order valence-electron chi connectivity index (χ0n) is 10.6. The molecule has 1 aromatic heterocycles. The van der Waals surface area contributed by atoms with E-state index in [9.17, 15) is 0 Å². The van der Waals surface area contributed by atoms with Gasteiger partial charge >= 0.3 is 0 Å². The number of halogens is 1. The van der Waals surface area contributed by atoms with Crippen molar-refractivity contribution in [1.29, 1.82) is 5.26 Å². The Labute approximate surface area is 122 Å². The van der Waals surface area contributed by atoms with Crippen molar-refractivity contribution in [3.8, 4) is 23.7 Å². The monoisotopic (exact) mass is 282 g/mol. The number of benzene rings is 1. The summed E-state index contributed by atoms with van der Waals surface area (Å²) in [5, 5.41) is 8.94. The molecule has 0 aliphatic carbocycles. The van der Waals surface area contributed by atoms with Crippen LogP contribution < -0.4 is 4.74 Å². The quantitative estimate of drug-likeness (QED) is 0.642. The van der Waals surface area contributed by atoms with Crippen LogP contribution in [0.2, 0.25) is 0 Å². The number of hydrogen-bond donors (Lipinski definition) is 0. The van der Waals surface area contributed by atoms with Gasteiger partial charge in [-0.05, 0) is 30.3 Å². The minimum atomic E-state index is 0.309. The van der Waals surface area contributed by atoms with E-state index in [-0.39, 0.29) is 0 Å². The second-order valence-corrected chi connectivity index (χ2v) is 4.14. The summed E-state index contributed by atoms with van der Waals surface area (Å²) in [5.74, 6) is 6.74. The van der Waals surface area contributed by atoms with Gasteiger partial charge in [-0.1, -0.05) is 17.9 Å². The predicted molar refractivity (Wildman–Crippen MR) is 77.3 cm³/mol. The van der Waals surface area contributed by atoms with Crippen LogP contribution >= 0.6 is 11.6 Å². The van der Waals surface area contributed by atoms with Crippen molar-refractivity contribution in [2.45, 2.75) is 6.61 Å². The van der Waals surface area contributed by atoms with E-state index in [4.69, 9.17) is 21.6 Å². The number of nitriles is 1. The Morgan fingerprint density at radius 3 is 2.70 bits per heavy atom. The fourth-order valence-electron chi connectivity index (χ4n) is 1.59. The van der Waals surface area contributed by atoms with Crippen LogP contribution in [-0.2, 0) is 6.61 Å². The zero-order valence-corrected chi connectivity index (χ0v) is 11.4. The van der Waals surface area contributed by atoms with Gasteiger partial charge in [-0.2, -0.15) is 5.26 Å². The van der Waals surface area contributed by atoms with Gasteiger partial charge in [0.2, 0.25) is 0 Å². The molecular weight excluding hydrogens is 272 g/mol. The van der Waals surface area contributed by atoms with Gasteiger partial charge in [0, 0.05) is 17.3 Å². The van der Waals surface area contributed by atoms with Crippen LogP contribution in [0.3, 0.4) is 0 Å². The highest BCUT2D eigenvalue weighted by atomic mass is 35.5. The van der Waals surface area contributed by atoms with E-state index >= 15 is 0 Å². The Morgan fingerprint density at radius 1 is 1.20 bits per heavy atom. The van der Waals surface area contributed by atoms with Gasteiger partial charge in [0.1, 0.15) is 24.1 Å². The molecule has 0 saturated heterocycles. The summed E-state index contributed by atoms with van der Waals surface area (Å²) in [4.78, 5) is 3.99. The molecule has 3 nitrogen and oxygen atoms in total. The molecule has 0 aliphatic heterocycles. The Kier molecular flexibility index (Phi) is 5.00. The highest BCUT2D eigenvalue weighted by Crippen LogP contribution is 2.14. The van der Waals surface area contributed by atoms with Crippen LogP contribution in [0.15, 0.2) is 42.6 Å². The van der Waals surface area contributed by atoms with Crippen molar-refractivity contribution >= 4 is 11.6 Å². The molecule has 0 unspecified atom stereocenters. The number of rotatable bonds is 3. The Morgan fingerprint density at radius 2 is 2.00 bits per heavy atom. The molecule has 0 aliphatic rings. The molecule has 0 radical (unpaired) electrons. The molecule has 0 fully saturated rings. The number of alkyl halides is 1. The molecule has 0 saturated carbocycles. The zero-order chi connectivity index (χ0) is 14.2. The average Bonchev–Trinajstić information content (AvgIpc) is 2.52. The number of pyridine rings is 1.